The normalized spacial score (nSPS) is 12.4. The van der Waals surface area contributed by atoms with Gasteiger partial charge in [-0.1, -0.05) is 6.92 Å². The molecule has 1 heterocycles. The van der Waals surface area contributed by atoms with E-state index in [4.69, 9.17) is 5.73 Å². The third kappa shape index (κ3) is 3.85. The standard InChI is InChI=1S/C9H15N3O2S/c1-2-6(13)3-4-11-8(14)7-5-15-9(10)12-7/h5-6,13H,2-4H2,1H3,(H2,10,12)(H,11,14). The van der Waals surface area contributed by atoms with Crippen LogP contribution in [-0.4, -0.2) is 28.6 Å². The van der Waals surface area contributed by atoms with Crippen molar-refractivity contribution in [2.24, 2.45) is 0 Å². The summed E-state index contributed by atoms with van der Waals surface area (Å²) in [4.78, 5) is 15.3. The Morgan fingerprint density at radius 2 is 2.53 bits per heavy atom. The molecule has 0 aliphatic carbocycles. The van der Waals surface area contributed by atoms with E-state index in [2.05, 4.69) is 10.3 Å². The summed E-state index contributed by atoms with van der Waals surface area (Å²) in [6.07, 6.45) is 0.896. The maximum atomic E-state index is 11.4. The van der Waals surface area contributed by atoms with Crippen LogP contribution in [0.15, 0.2) is 5.38 Å². The number of hydrogen-bond acceptors (Lipinski definition) is 5. The fraction of sp³-hybridized carbons (Fsp3) is 0.556. The van der Waals surface area contributed by atoms with Crippen molar-refractivity contribution in [1.29, 1.82) is 0 Å². The lowest BCUT2D eigenvalue weighted by Crippen LogP contribution is -2.27. The maximum Gasteiger partial charge on any atom is 0.270 e. The van der Waals surface area contributed by atoms with E-state index in [9.17, 15) is 9.90 Å². The highest BCUT2D eigenvalue weighted by molar-refractivity contribution is 7.13. The number of aromatic nitrogens is 1. The Morgan fingerprint density at radius 1 is 1.80 bits per heavy atom. The Labute approximate surface area is 92.3 Å². The second kappa shape index (κ2) is 5.67. The highest BCUT2D eigenvalue weighted by Gasteiger charge is 2.09. The van der Waals surface area contributed by atoms with E-state index in [1.165, 1.54) is 11.3 Å². The van der Waals surface area contributed by atoms with Crippen LogP contribution in [0.3, 0.4) is 0 Å². The molecule has 1 aromatic heterocycles. The van der Waals surface area contributed by atoms with Gasteiger partial charge in [0.1, 0.15) is 5.69 Å². The largest absolute Gasteiger partial charge is 0.393 e. The SMILES string of the molecule is CCC(O)CCNC(=O)c1csc(N)n1. The van der Waals surface area contributed by atoms with Gasteiger partial charge in [0.2, 0.25) is 0 Å². The molecule has 1 rings (SSSR count). The fourth-order valence-electron chi connectivity index (χ4n) is 1.04. The van der Waals surface area contributed by atoms with E-state index in [1.54, 1.807) is 5.38 Å². The fourth-order valence-corrected chi connectivity index (χ4v) is 1.58. The molecule has 0 saturated heterocycles. The Kier molecular flexibility index (Phi) is 4.51. The predicted molar refractivity (Wildman–Crippen MR) is 59.8 cm³/mol. The van der Waals surface area contributed by atoms with Crippen molar-refractivity contribution in [3.63, 3.8) is 0 Å². The first-order valence-corrected chi connectivity index (χ1v) is 5.68. The van der Waals surface area contributed by atoms with Crippen LogP contribution >= 0.6 is 11.3 Å². The molecule has 0 aliphatic heterocycles. The lowest BCUT2D eigenvalue weighted by molar-refractivity contribution is 0.0938. The number of nitrogens with zero attached hydrogens (tertiary/aromatic N) is 1. The molecule has 1 amide bonds. The zero-order chi connectivity index (χ0) is 11.3. The van der Waals surface area contributed by atoms with Crippen molar-refractivity contribution in [2.45, 2.75) is 25.9 Å². The van der Waals surface area contributed by atoms with Gasteiger partial charge in [-0.2, -0.15) is 0 Å². The molecule has 0 aliphatic rings. The number of carbonyl (C=O) groups excluding carboxylic acids is 1. The molecular formula is C9H15N3O2S. The summed E-state index contributed by atoms with van der Waals surface area (Å²) in [5.41, 5.74) is 5.74. The van der Waals surface area contributed by atoms with Crippen LogP contribution < -0.4 is 11.1 Å². The van der Waals surface area contributed by atoms with Crippen molar-refractivity contribution in [3.8, 4) is 0 Å². The monoisotopic (exact) mass is 229 g/mol. The number of amides is 1. The van der Waals surface area contributed by atoms with Gasteiger partial charge in [-0.05, 0) is 12.8 Å². The summed E-state index contributed by atoms with van der Waals surface area (Å²) in [5, 5.41) is 13.9. The van der Waals surface area contributed by atoms with E-state index in [-0.39, 0.29) is 12.0 Å². The van der Waals surface area contributed by atoms with Crippen molar-refractivity contribution >= 4 is 22.4 Å². The predicted octanol–water partition coefficient (Wildman–Crippen LogP) is 0.616. The van der Waals surface area contributed by atoms with Crippen molar-refractivity contribution in [3.05, 3.63) is 11.1 Å². The molecule has 0 saturated carbocycles. The lowest BCUT2D eigenvalue weighted by Gasteiger charge is -2.07. The summed E-state index contributed by atoms with van der Waals surface area (Å²) < 4.78 is 0. The van der Waals surface area contributed by atoms with Crippen LogP contribution in [-0.2, 0) is 0 Å². The van der Waals surface area contributed by atoms with Crippen LogP contribution in [0.5, 0.6) is 0 Å². The molecule has 1 aromatic rings. The number of nitrogens with two attached hydrogens (primary N) is 1. The van der Waals surface area contributed by atoms with E-state index in [0.717, 1.165) is 0 Å². The number of aliphatic hydroxyl groups excluding tert-OH is 1. The van der Waals surface area contributed by atoms with Crippen LogP contribution in [0.25, 0.3) is 0 Å². The number of rotatable bonds is 5. The van der Waals surface area contributed by atoms with Crippen LogP contribution in [0.4, 0.5) is 5.13 Å². The molecule has 4 N–H and O–H groups in total. The number of hydrogen-bond donors (Lipinski definition) is 3. The smallest absolute Gasteiger partial charge is 0.270 e. The molecule has 6 heteroatoms. The minimum atomic E-state index is -0.356. The van der Waals surface area contributed by atoms with Gasteiger partial charge in [-0.15, -0.1) is 11.3 Å². The Bertz CT molecular complexity index is 327. The molecule has 1 unspecified atom stereocenters. The number of nitrogens with one attached hydrogen (secondary N) is 1. The van der Waals surface area contributed by atoms with Gasteiger partial charge in [-0.3, -0.25) is 4.79 Å². The summed E-state index contributed by atoms with van der Waals surface area (Å²) in [6.45, 7) is 2.35. The Balaban J connectivity index is 2.31. The molecule has 0 radical (unpaired) electrons. The average molecular weight is 229 g/mol. The van der Waals surface area contributed by atoms with Gasteiger partial charge < -0.3 is 16.2 Å². The molecule has 0 aromatic carbocycles. The molecule has 84 valence electrons. The summed E-state index contributed by atoms with van der Waals surface area (Å²) >= 11 is 1.23. The first kappa shape index (κ1) is 11.9. The number of nitrogen functional groups attached to an aromatic ring is 1. The quantitative estimate of drug-likeness (QED) is 0.690. The van der Waals surface area contributed by atoms with E-state index >= 15 is 0 Å². The molecule has 1 atom stereocenters. The first-order chi connectivity index (χ1) is 7.13. The molecule has 0 bridgehead atoms. The minimum Gasteiger partial charge on any atom is -0.393 e. The zero-order valence-electron chi connectivity index (χ0n) is 8.56. The van der Waals surface area contributed by atoms with Gasteiger partial charge >= 0.3 is 0 Å². The second-order valence-electron chi connectivity index (χ2n) is 3.18. The molecular weight excluding hydrogens is 214 g/mol. The first-order valence-electron chi connectivity index (χ1n) is 4.80. The summed E-state index contributed by atoms with van der Waals surface area (Å²) in [5.74, 6) is -0.244. The number of carbonyl (C=O) groups is 1. The third-order valence-electron chi connectivity index (χ3n) is 1.99. The van der Waals surface area contributed by atoms with Gasteiger partial charge in [0.25, 0.3) is 5.91 Å². The highest BCUT2D eigenvalue weighted by atomic mass is 32.1. The van der Waals surface area contributed by atoms with Gasteiger partial charge in [0.05, 0.1) is 6.10 Å². The maximum absolute atomic E-state index is 11.4. The molecule has 15 heavy (non-hydrogen) atoms. The van der Waals surface area contributed by atoms with Crippen molar-refractivity contribution < 1.29 is 9.90 Å². The van der Waals surface area contributed by atoms with Crippen LogP contribution in [0.2, 0.25) is 0 Å². The van der Waals surface area contributed by atoms with Crippen LogP contribution in [0, 0.1) is 0 Å². The van der Waals surface area contributed by atoms with Crippen molar-refractivity contribution in [2.75, 3.05) is 12.3 Å². The highest BCUT2D eigenvalue weighted by Crippen LogP contribution is 2.10. The summed E-state index contributed by atoms with van der Waals surface area (Å²) in [6, 6.07) is 0. The van der Waals surface area contributed by atoms with E-state index < -0.39 is 0 Å². The van der Waals surface area contributed by atoms with Gasteiger partial charge in [0, 0.05) is 11.9 Å². The van der Waals surface area contributed by atoms with Crippen molar-refractivity contribution in [1.82, 2.24) is 10.3 Å². The summed E-state index contributed by atoms with van der Waals surface area (Å²) in [7, 11) is 0. The number of anilines is 1. The Morgan fingerprint density at radius 3 is 3.07 bits per heavy atom. The Hall–Kier alpha value is -1.14. The molecule has 0 spiro atoms. The average Bonchev–Trinajstić information content (AvgIpc) is 2.64. The minimum absolute atomic E-state index is 0.244. The number of aliphatic hydroxyl groups is 1. The topological polar surface area (TPSA) is 88.2 Å². The van der Waals surface area contributed by atoms with Gasteiger partial charge in [-0.25, -0.2) is 4.98 Å². The van der Waals surface area contributed by atoms with Crippen LogP contribution in [0.1, 0.15) is 30.3 Å². The lowest BCUT2D eigenvalue weighted by atomic mass is 10.2. The second-order valence-corrected chi connectivity index (χ2v) is 4.07. The molecule has 0 fully saturated rings. The van der Waals surface area contributed by atoms with E-state index in [1.807, 2.05) is 6.92 Å². The zero-order valence-corrected chi connectivity index (χ0v) is 9.38. The molecule has 5 nitrogen and oxygen atoms in total. The number of thiazole rings is 1. The van der Waals surface area contributed by atoms with E-state index in [0.29, 0.717) is 30.2 Å². The third-order valence-corrected chi connectivity index (χ3v) is 2.66. The van der Waals surface area contributed by atoms with Gasteiger partial charge in [0.15, 0.2) is 5.13 Å².